The molecule has 0 fully saturated rings. The van der Waals surface area contributed by atoms with Gasteiger partial charge in [0.05, 0.1) is 12.8 Å². The third kappa shape index (κ3) is 27.2. The molecule has 0 saturated heterocycles. The first kappa shape index (κ1) is 62.6. The van der Waals surface area contributed by atoms with Crippen molar-refractivity contribution >= 4 is 35.8 Å². The fourth-order valence-corrected chi connectivity index (χ4v) is 1.18. The minimum atomic E-state index is -2.57. The van der Waals surface area contributed by atoms with Gasteiger partial charge in [-0.2, -0.15) is 0 Å². The van der Waals surface area contributed by atoms with E-state index in [0.29, 0.717) is 0 Å². The van der Waals surface area contributed by atoms with Crippen molar-refractivity contribution in [2.24, 2.45) is 0 Å². The predicted octanol–water partition coefficient (Wildman–Crippen LogP) is -27.5. The van der Waals surface area contributed by atoms with Crippen LogP contribution in [-0.4, -0.2) is 90.9 Å². The van der Waals surface area contributed by atoms with Crippen LogP contribution in [0.3, 0.4) is 0 Å². The number of hydrogen-bond acceptors (Lipinski definition) is 12. The van der Waals surface area contributed by atoms with Gasteiger partial charge in [-0.15, -0.1) is 0 Å². The molecule has 0 aromatic rings. The Bertz CT molecular complexity index is 599. The van der Waals surface area contributed by atoms with Gasteiger partial charge in [-0.25, -0.2) is 19.2 Å². The van der Waals surface area contributed by atoms with E-state index in [0.717, 1.165) is 0 Å². The Morgan fingerprint density at radius 3 is 0.882 bits per heavy atom. The second-order valence-electron chi connectivity index (χ2n) is 4.54. The Morgan fingerprint density at radius 2 is 0.706 bits per heavy atom. The molecule has 0 spiro atoms. The molecule has 0 aromatic carbocycles. The molecule has 0 radical (unpaired) electrons. The molecule has 162 valence electrons. The van der Waals surface area contributed by atoms with Crippen LogP contribution in [0.25, 0.3) is 0 Å². The molecule has 22 heteroatoms. The molecule has 34 heavy (non-hydrogen) atoms. The second kappa shape index (κ2) is 34.3. The van der Waals surface area contributed by atoms with Crippen LogP contribution < -0.4 is 236 Å². The topological polar surface area (TPSA) is 242 Å². The third-order valence-corrected chi connectivity index (χ3v) is 2.55. The van der Waals surface area contributed by atoms with Crippen LogP contribution in [-0.2, 0) is 38.2 Å². The summed E-state index contributed by atoms with van der Waals surface area (Å²) in [7, 11) is 0. The van der Waals surface area contributed by atoms with Crippen molar-refractivity contribution in [2.75, 3.05) is 0 Å². The smallest absolute Gasteiger partial charge is 1.00 e. The Morgan fingerprint density at radius 1 is 0.500 bits per heavy atom. The first-order valence-electron chi connectivity index (χ1n) is 6.55. The molecule has 0 aromatic heterocycles. The average molecular weight is 574 g/mol. The van der Waals surface area contributed by atoms with Crippen molar-refractivity contribution in [3.63, 3.8) is 0 Å². The summed E-state index contributed by atoms with van der Waals surface area (Å²) in [6.07, 6.45) is -12.0. The van der Waals surface area contributed by atoms with Crippen LogP contribution in [0.4, 0.5) is 0 Å². The number of carbonyl (C=O) groups excluding carboxylic acids is 4. The van der Waals surface area contributed by atoms with Gasteiger partial charge in [-0.3, -0.25) is 9.59 Å². The van der Waals surface area contributed by atoms with Gasteiger partial charge in [0, 0.05) is 0 Å². The molecular weight excluding hydrogens is 552 g/mol. The Hall–Kier alpha value is 5.06. The Kier molecular flexibility index (Phi) is 63.1. The summed E-state index contributed by atoms with van der Waals surface area (Å²) in [4.78, 5) is 65.4. The molecule has 6 N–H and O–H groups in total. The number of ether oxygens (including phenoxy) is 2. The number of aliphatic hydroxyl groups is 4. The Balaban J connectivity index is -0.0000000260. The van der Waals surface area contributed by atoms with E-state index in [9.17, 15) is 28.8 Å². The molecule has 0 aliphatic heterocycles. The number of carboxylic acid groups (broad SMARTS) is 2. The molecular formula is C12H22Na8O14. The molecule has 0 bridgehead atoms. The monoisotopic (exact) mass is 574 g/mol. The number of esters is 4. The van der Waals surface area contributed by atoms with Gasteiger partial charge in [0.2, 0.25) is 0 Å². The van der Waals surface area contributed by atoms with Crippen molar-refractivity contribution in [3.05, 3.63) is 0 Å². The first-order chi connectivity index (χ1) is 11.9. The minimum Gasteiger partial charge on any atom is -1.00 e. The van der Waals surface area contributed by atoms with Gasteiger partial charge in [-0.1, -0.05) is 0 Å². The summed E-state index contributed by atoms with van der Waals surface area (Å²) < 4.78 is 7.89. The molecule has 0 aliphatic carbocycles. The maximum absolute atomic E-state index is 11.2. The SMILES string of the molecule is O=C(CCC(=O)OC(=O)C(O)C(O)C(=O)O)OC(=O)C(O)C(O)C(=O)O.[H-].[H-].[H-].[H-].[H-].[H-].[H-].[H-].[Na+].[Na+].[Na+].[Na+].[Na+].[Na+].[Na+].[Na+]. The fraction of sp³-hybridized carbons (Fsp3) is 0.500. The summed E-state index contributed by atoms with van der Waals surface area (Å²) in [5.41, 5.74) is 0. The predicted molar refractivity (Wildman–Crippen MR) is 79.6 cm³/mol. The van der Waals surface area contributed by atoms with E-state index in [-0.39, 0.29) is 248 Å². The van der Waals surface area contributed by atoms with Gasteiger partial charge in [0.25, 0.3) is 0 Å². The molecule has 0 saturated carbocycles. The molecule has 0 heterocycles. The zero-order valence-electron chi connectivity index (χ0n) is 28.7. The van der Waals surface area contributed by atoms with Gasteiger partial charge in [-0.05, 0) is 0 Å². The second-order valence-corrected chi connectivity index (χ2v) is 4.54. The largest absolute Gasteiger partial charge is 1.00 e. The molecule has 0 aliphatic rings. The maximum Gasteiger partial charge on any atom is 1.00 e. The van der Waals surface area contributed by atoms with Gasteiger partial charge in [0.15, 0.2) is 24.4 Å². The van der Waals surface area contributed by atoms with Crippen molar-refractivity contribution in [1.29, 1.82) is 0 Å². The van der Waals surface area contributed by atoms with Crippen LogP contribution >= 0.6 is 0 Å². The van der Waals surface area contributed by atoms with Gasteiger partial charge in [0.1, 0.15) is 0 Å². The van der Waals surface area contributed by atoms with Crippen molar-refractivity contribution in [3.8, 4) is 0 Å². The zero-order chi connectivity index (χ0) is 20.6. The molecule has 4 unspecified atom stereocenters. The van der Waals surface area contributed by atoms with E-state index < -0.39 is 73.1 Å². The minimum absolute atomic E-state index is 0. The summed E-state index contributed by atoms with van der Waals surface area (Å²) >= 11 is 0. The van der Waals surface area contributed by atoms with E-state index >= 15 is 0 Å². The van der Waals surface area contributed by atoms with Crippen molar-refractivity contribution < 1.29 is 317 Å². The van der Waals surface area contributed by atoms with Crippen LogP contribution in [0.1, 0.15) is 24.3 Å². The number of aliphatic carboxylic acids is 2. The molecule has 0 rings (SSSR count). The van der Waals surface area contributed by atoms with E-state index in [1.165, 1.54) is 0 Å². The van der Waals surface area contributed by atoms with E-state index in [4.69, 9.17) is 30.6 Å². The van der Waals surface area contributed by atoms with E-state index in [2.05, 4.69) is 9.47 Å². The van der Waals surface area contributed by atoms with Crippen LogP contribution in [0.15, 0.2) is 0 Å². The van der Waals surface area contributed by atoms with Crippen LogP contribution in [0.2, 0.25) is 0 Å². The normalized spacial score (nSPS) is 11.5. The number of hydrogen-bond donors (Lipinski definition) is 6. The van der Waals surface area contributed by atoms with Gasteiger partial charge >= 0.3 is 272 Å². The summed E-state index contributed by atoms with van der Waals surface area (Å²) in [5.74, 6) is -10.5. The van der Waals surface area contributed by atoms with Crippen LogP contribution in [0, 0.1) is 0 Å². The number of carbonyl (C=O) groups is 6. The van der Waals surface area contributed by atoms with Crippen LogP contribution in [0.5, 0.6) is 0 Å². The maximum atomic E-state index is 11.2. The van der Waals surface area contributed by atoms with Gasteiger partial charge < -0.3 is 51.5 Å². The molecule has 0 amide bonds. The van der Waals surface area contributed by atoms with E-state index in [1.54, 1.807) is 0 Å². The number of rotatable bonds is 9. The average Bonchev–Trinajstić information content (AvgIpc) is 2.56. The van der Waals surface area contributed by atoms with E-state index in [1.807, 2.05) is 0 Å². The number of carboxylic acids is 2. The zero-order valence-corrected chi connectivity index (χ0v) is 36.7. The number of aliphatic hydroxyl groups excluding tert-OH is 4. The summed E-state index contributed by atoms with van der Waals surface area (Å²) in [5, 5.41) is 52.6. The first-order valence-corrected chi connectivity index (χ1v) is 6.55. The molecule has 14 nitrogen and oxygen atoms in total. The summed E-state index contributed by atoms with van der Waals surface area (Å²) in [6.45, 7) is 0. The quantitative estimate of drug-likeness (QED) is 0.0852. The Labute approximate surface area is 382 Å². The van der Waals surface area contributed by atoms with Crippen molar-refractivity contribution in [2.45, 2.75) is 37.3 Å². The fourth-order valence-electron chi connectivity index (χ4n) is 1.18. The summed E-state index contributed by atoms with van der Waals surface area (Å²) in [6, 6.07) is 0. The standard InChI is InChI=1S/C12H14O14.8Na.8H/c13-3(25-11(23)7(17)5(15)9(19)20)1-2-4(14)26-12(24)8(18)6(16)10(21)22;;;;;;;;;;;;;;;;/h5-8,15-18H,1-2H2,(H,19,20)(H,21,22);;;;;;;;;;;;;;;;/q;8*+1;8*-1. The third-order valence-electron chi connectivity index (χ3n) is 2.55. The molecule has 4 atom stereocenters. The van der Waals surface area contributed by atoms with Crippen molar-refractivity contribution in [1.82, 2.24) is 0 Å².